The summed E-state index contributed by atoms with van der Waals surface area (Å²) >= 11 is 0. The summed E-state index contributed by atoms with van der Waals surface area (Å²) in [4.78, 5) is 0. The molecule has 0 aromatic carbocycles. The molecule has 0 aromatic heterocycles. The highest BCUT2D eigenvalue weighted by molar-refractivity contribution is 6.75. The van der Waals surface area contributed by atoms with Crippen molar-refractivity contribution in [3.63, 3.8) is 0 Å². The van der Waals surface area contributed by atoms with Crippen molar-refractivity contribution in [3.05, 3.63) is 0 Å². The maximum Gasteiger partial charge on any atom is 0 e. The van der Waals surface area contributed by atoms with Gasteiger partial charge in [0.25, 0.3) is 0 Å². The Morgan fingerprint density at radius 2 is 0.846 bits per heavy atom. The van der Waals surface area contributed by atoms with Crippen LogP contribution in [0.1, 0.15) is 68.2 Å². The molecule has 0 spiro atoms. The van der Waals surface area contributed by atoms with Gasteiger partial charge in [-0.3, -0.25) is 0 Å². The molecule has 0 saturated heterocycles. The van der Waals surface area contributed by atoms with Crippen molar-refractivity contribution in [2.75, 3.05) is 0 Å². The Morgan fingerprint density at radius 3 is 0.846 bits per heavy atom. The maximum atomic E-state index is 4.00. The van der Waals surface area contributed by atoms with E-state index in [1.807, 2.05) is 13.8 Å². The molecular weight excluding hydrogens is 154 g/mol. The molecule has 0 amide bonds. The highest BCUT2D eigenvalue weighted by atomic mass is 14.0. The normalized spacial score (nSPS) is 7.69. The zero-order chi connectivity index (χ0) is 11.9. The van der Waals surface area contributed by atoms with Gasteiger partial charge in [0.05, 0.1) is 0 Å². The van der Waals surface area contributed by atoms with Crippen LogP contribution >= 0.6 is 0 Å². The minimum atomic E-state index is 0.500. The molecule has 13 heavy (non-hydrogen) atoms. The van der Waals surface area contributed by atoms with Crippen molar-refractivity contribution in [2.24, 2.45) is 5.41 Å². The smallest absolute Gasteiger partial charge is 0 e. The SMILES string of the molecule is CC.CC(C)(C)C.CCCC.[B][B]. The Balaban J connectivity index is -0.0000000457. The Labute approximate surface area is 89.7 Å². The van der Waals surface area contributed by atoms with Crippen molar-refractivity contribution in [1.82, 2.24) is 0 Å². The summed E-state index contributed by atoms with van der Waals surface area (Å²) in [5.74, 6) is 0. The molecule has 0 atom stereocenters. The quantitative estimate of drug-likeness (QED) is 0.535. The summed E-state index contributed by atoms with van der Waals surface area (Å²) in [6.07, 6.45) is 2.64. The third kappa shape index (κ3) is 975. The van der Waals surface area contributed by atoms with E-state index in [0.29, 0.717) is 5.41 Å². The zero-order valence-corrected chi connectivity index (χ0v) is 11.1. The lowest BCUT2D eigenvalue weighted by Crippen LogP contribution is -1.93. The molecule has 0 heterocycles. The third-order valence-electron chi connectivity index (χ3n) is 0.500. The van der Waals surface area contributed by atoms with E-state index in [9.17, 15) is 0 Å². The monoisotopic (exact) mass is 182 g/mol. The first-order chi connectivity index (χ1) is 5.91. The molecule has 0 fully saturated rings. The van der Waals surface area contributed by atoms with Gasteiger partial charge in [-0.1, -0.05) is 68.2 Å². The van der Waals surface area contributed by atoms with E-state index in [1.54, 1.807) is 0 Å². The van der Waals surface area contributed by atoms with E-state index in [-0.39, 0.29) is 0 Å². The molecule has 0 rings (SSSR count). The van der Waals surface area contributed by atoms with Crippen LogP contribution in [0.2, 0.25) is 0 Å². The summed E-state index contributed by atoms with van der Waals surface area (Å²) < 4.78 is 0. The molecule has 0 unspecified atom stereocenters. The van der Waals surface area contributed by atoms with Gasteiger partial charge in [-0.2, -0.15) is 0 Å². The number of hydrogen-bond donors (Lipinski definition) is 0. The van der Waals surface area contributed by atoms with Crippen molar-refractivity contribution in [1.29, 1.82) is 0 Å². The maximum absolute atomic E-state index is 4.00. The predicted molar refractivity (Wildman–Crippen MR) is 68.6 cm³/mol. The lowest BCUT2D eigenvalue weighted by atomic mass is 9.81. The second-order valence-electron chi connectivity index (χ2n) is 4.00. The van der Waals surface area contributed by atoms with Crippen LogP contribution < -0.4 is 0 Å². The molecule has 0 aliphatic heterocycles. The van der Waals surface area contributed by atoms with Crippen molar-refractivity contribution in [3.8, 4) is 0 Å². The Kier molecular flexibility index (Phi) is 40.5. The van der Waals surface area contributed by atoms with E-state index in [0.717, 1.165) is 0 Å². The van der Waals surface area contributed by atoms with Gasteiger partial charge < -0.3 is 0 Å². The van der Waals surface area contributed by atoms with Crippen LogP contribution in [0, 0.1) is 5.41 Å². The fraction of sp³-hybridized carbons (Fsp3) is 1.00. The molecule has 0 saturated carbocycles. The topological polar surface area (TPSA) is 0 Å². The lowest BCUT2D eigenvalue weighted by molar-refractivity contribution is 0.469. The molecule has 0 aliphatic rings. The van der Waals surface area contributed by atoms with Gasteiger partial charge in [-0.25, -0.2) is 0 Å². The van der Waals surface area contributed by atoms with E-state index in [4.69, 9.17) is 0 Å². The Morgan fingerprint density at radius 1 is 0.769 bits per heavy atom. The predicted octanol–water partition coefficient (Wildman–Crippen LogP) is 4.12. The van der Waals surface area contributed by atoms with E-state index in [1.165, 1.54) is 12.8 Å². The van der Waals surface area contributed by atoms with E-state index < -0.39 is 0 Å². The van der Waals surface area contributed by atoms with Crippen molar-refractivity contribution < 1.29 is 0 Å². The fourth-order valence-electron chi connectivity index (χ4n) is 0. The van der Waals surface area contributed by atoms with Crippen LogP contribution in [0.25, 0.3) is 0 Å². The van der Waals surface area contributed by atoms with Crippen LogP contribution in [0.4, 0.5) is 0 Å². The molecule has 0 aromatic rings. The van der Waals surface area contributed by atoms with E-state index in [2.05, 4.69) is 57.0 Å². The number of unbranched alkanes of at least 4 members (excludes halogenated alkanes) is 1. The lowest BCUT2D eigenvalue weighted by Gasteiger charge is -2.05. The van der Waals surface area contributed by atoms with Gasteiger partial charge in [0.2, 0.25) is 0 Å². The minimum absolute atomic E-state index is 0.500. The first-order valence-corrected chi connectivity index (χ1v) is 5.25. The molecule has 0 bridgehead atoms. The van der Waals surface area contributed by atoms with Crippen LogP contribution in [-0.4, -0.2) is 15.5 Å². The Bertz CT molecular complexity index is 38.5. The highest BCUT2D eigenvalue weighted by Crippen LogP contribution is 2.07. The average molecular weight is 182 g/mol. The standard InChI is InChI=1S/C5H12.C4H10.C2H6.B2/c1-5(2,3)4;1-3-4-2;2*1-2/h1-4H3;3-4H2,1-2H3;1-2H3;. The average Bonchev–Trinajstić information content (AvgIpc) is 2.08. The Hall–Kier alpha value is 0.130. The number of hydrogen-bond acceptors (Lipinski definition) is 0. The number of rotatable bonds is 1. The van der Waals surface area contributed by atoms with Crippen molar-refractivity contribution in [2.45, 2.75) is 68.2 Å². The second-order valence-corrected chi connectivity index (χ2v) is 4.00. The second kappa shape index (κ2) is 22.7. The molecule has 2 heteroatoms. The third-order valence-corrected chi connectivity index (χ3v) is 0.500. The first-order valence-electron chi connectivity index (χ1n) is 5.25. The van der Waals surface area contributed by atoms with Gasteiger partial charge in [0.1, 0.15) is 0 Å². The van der Waals surface area contributed by atoms with Gasteiger partial charge >= 0.3 is 0 Å². The minimum Gasteiger partial charge on any atom is -0.0683 e. The summed E-state index contributed by atoms with van der Waals surface area (Å²) in [7, 11) is 8.00. The van der Waals surface area contributed by atoms with Crippen LogP contribution in [-0.2, 0) is 0 Å². The molecular formula is C11H28B2. The van der Waals surface area contributed by atoms with Crippen LogP contribution in [0.15, 0.2) is 0 Å². The van der Waals surface area contributed by atoms with Gasteiger partial charge in [0.15, 0.2) is 0 Å². The first kappa shape index (κ1) is 23.2. The molecule has 0 nitrogen and oxygen atoms in total. The zero-order valence-electron chi connectivity index (χ0n) is 11.1. The van der Waals surface area contributed by atoms with E-state index >= 15 is 0 Å². The summed E-state index contributed by atoms with van der Waals surface area (Å²) in [5, 5.41) is 0. The summed E-state index contributed by atoms with van der Waals surface area (Å²) in [6, 6.07) is 0. The highest BCUT2D eigenvalue weighted by Gasteiger charge is 1.95. The van der Waals surface area contributed by atoms with Crippen LogP contribution in [0.3, 0.4) is 0 Å². The summed E-state index contributed by atoms with van der Waals surface area (Å²) in [5.41, 5.74) is 0.500. The molecule has 78 valence electrons. The molecule has 0 N–H and O–H groups in total. The molecule has 0 aliphatic carbocycles. The fourth-order valence-corrected chi connectivity index (χ4v) is 0. The van der Waals surface area contributed by atoms with Crippen LogP contribution in [0.5, 0.6) is 0 Å². The van der Waals surface area contributed by atoms with Gasteiger partial charge in [-0.15, -0.1) is 0 Å². The summed E-state index contributed by atoms with van der Waals surface area (Å²) in [6.45, 7) is 17.1. The molecule has 4 radical (unpaired) electrons. The largest absolute Gasteiger partial charge is 0.0683 e. The van der Waals surface area contributed by atoms with Gasteiger partial charge in [-0.05, 0) is 5.41 Å². The van der Waals surface area contributed by atoms with Crippen molar-refractivity contribution >= 4 is 15.5 Å². The van der Waals surface area contributed by atoms with Gasteiger partial charge in [0, 0.05) is 15.5 Å².